The van der Waals surface area contributed by atoms with Crippen molar-refractivity contribution < 1.29 is 14.3 Å². The van der Waals surface area contributed by atoms with Crippen LogP contribution in [0.3, 0.4) is 0 Å². The van der Waals surface area contributed by atoms with E-state index in [1.807, 2.05) is 31.2 Å². The van der Waals surface area contributed by atoms with Crippen molar-refractivity contribution in [1.29, 1.82) is 0 Å². The Morgan fingerprint density at radius 3 is 2.37 bits per heavy atom. The largest absolute Gasteiger partial charge is 0.465 e. The topological polar surface area (TPSA) is 43.4 Å². The molecule has 0 saturated heterocycles. The predicted octanol–water partition coefficient (Wildman–Crippen LogP) is 3.54. The molecule has 0 bridgehead atoms. The van der Waals surface area contributed by atoms with Crippen molar-refractivity contribution in [2.24, 2.45) is 5.92 Å². The molecule has 0 spiro atoms. The molecule has 0 saturated carbocycles. The average Bonchev–Trinajstić information content (AvgIpc) is 2.38. The van der Waals surface area contributed by atoms with Crippen LogP contribution in [0.15, 0.2) is 28.7 Å². The van der Waals surface area contributed by atoms with Gasteiger partial charge in [0.05, 0.1) is 6.61 Å². The summed E-state index contributed by atoms with van der Waals surface area (Å²) in [6.07, 6.45) is 1.57. The average molecular weight is 327 g/mol. The zero-order valence-electron chi connectivity index (χ0n) is 11.3. The molecule has 104 valence electrons. The molecule has 0 amide bonds. The number of esters is 1. The minimum atomic E-state index is -0.680. The van der Waals surface area contributed by atoms with Gasteiger partial charge in [-0.3, -0.25) is 9.59 Å². The molecule has 1 atom stereocenters. The number of hydrogen-bond donors (Lipinski definition) is 0. The highest BCUT2D eigenvalue weighted by atomic mass is 79.9. The summed E-state index contributed by atoms with van der Waals surface area (Å²) in [4.78, 5) is 23.9. The van der Waals surface area contributed by atoms with Crippen LogP contribution in [0.5, 0.6) is 0 Å². The zero-order chi connectivity index (χ0) is 14.3. The number of ether oxygens (including phenoxy) is 1. The summed E-state index contributed by atoms with van der Waals surface area (Å²) in [7, 11) is 0. The van der Waals surface area contributed by atoms with Crippen LogP contribution < -0.4 is 0 Å². The molecule has 0 N–H and O–H groups in total. The standard InChI is InChI=1S/C15H19BrO3/c1-3-5-14(17)13(15(18)19-4-2)10-11-6-8-12(16)9-7-11/h6-9,13H,3-5,10H2,1-2H3. The van der Waals surface area contributed by atoms with Gasteiger partial charge in [0.1, 0.15) is 11.7 Å². The lowest BCUT2D eigenvalue weighted by atomic mass is 9.93. The van der Waals surface area contributed by atoms with Gasteiger partial charge in [0.15, 0.2) is 0 Å². The van der Waals surface area contributed by atoms with Gasteiger partial charge in [0.25, 0.3) is 0 Å². The molecule has 0 aliphatic heterocycles. The van der Waals surface area contributed by atoms with Gasteiger partial charge in [0, 0.05) is 10.9 Å². The Morgan fingerprint density at radius 1 is 1.21 bits per heavy atom. The van der Waals surface area contributed by atoms with E-state index in [9.17, 15) is 9.59 Å². The Hall–Kier alpha value is -1.16. The monoisotopic (exact) mass is 326 g/mol. The first-order chi connectivity index (χ1) is 9.08. The van der Waals surface area contributed by atoms with Crippen molar-refractivity contribution in [3.05, 3.63) is 34.3 Å². The summed E-state index contributed by atoms with van der Waals surface area (Å²) in [5.74, 6) is -1.13. The van der Waals surface area contributed by atoms with Gasteiger partial charge in [-0.2, -0.15) is 0 Å². The third kappa shape index (κ3) is 5.15. The predicted molar refractivity (Wildman–Crippen MR) is 77.9 cm³/mol. The lowest BCUT2D eigenvalue weighted by molar-refractivity contribution is -0.151. The highest BCUT2D eigenvalue weighted by molar-refractivity contribution is 9.10. The van der Waals surface area contributed by atoms with Crippen LogP contribution in [0.4, 0.5) is 0 Å². The summed E-state index contributed by atoms with van der Waals surface area (Å²) >= 11 is 3.36. The lowest BCUT2D eigenvalue weighted by Gasteiger charge is -2.14. The van der Waals surface area contributed by atoms with Crippen molar-refractivity contribution in [2.75, 3.05) is 6.61 Å². The number of halogens is 1. The number of rotatable bonds is 7. The van der Waals surface area contributed by atoms with Gasteiger partial charge in [-0.1, -0.05) is 35.0 Å². The van der Waals surface area contributed by atoms with E-state index in [1.165, 1.54) is 0 Å². The minimum absolute atomic E-state index is 0.0381. The second kappa shape index (κ2) is 8.10. The highest BCUT2D eigenvalue weighted by Crippen LogP contribution is 2.17. The SMILES string of the molecule is CCCC(=O)C(Cc1ccc(Br)cc1)C(=O)OCC. The Kier molecular flexibility index (Phi) is 6.78. The van der Waals surface area contributed by atoms with Crippen molar-refractivity contribution in [1.82, 2.24) is 0 Å². The van der Waals surface area contributed by atoms with Crippen molar-refractivity contribution in [3.8, 4) is 0 Å². The van der Waals surface area contributed by atoms with Gasteiger partial charge < -0.3 is 4.74 Å². The van der Waals surface area contributed by atoms with Gasteiger partial charge >= 0.3 is 5.97 Å². The fraction of sp³-hybridized carbons (Fsp3) is 0.467. The molecule has 1 aromatic rings. The van der Waals surface area contributed by atoms with Crippen LogP contribution in [-0.4, -0.2) is 18.4 Å². The summed E-state index contributed by atoms with van der Waals surface area (Å²) in [5, 5.41) is 0. The second-order valence-electron chi connectivity index (χ2n) is 4.35. The molecule has 1 rings (SSSR count). The molecule has 0 aliphatic carbocycles. The lowest BCUT2D eigenvalue weighted by Crippen LogP contribution is -2.28. The summed E-state index contributed by atoms with van der Waals surface area (Å²) < 4.78 is 5.97. The fourth-order valence-corrected chi connectivity index (χ4v) is 2.11. The Morgan fingerprint density at radius 2 is 1.84 bits per heavy atom. The molecule has 0 heterocycles. The van der Waals surface area contributed by atoms with E-state index in [0.717, 1.165) is 16.5 Å². The van der Waals surface area contributed by atoms with Gasteiger partial charge in [-0.15, -0.1) is 0 Å². The van der Waals surface area contributed by atoms with Crippen LogP contribution in [0.25, 0.3) is 0 Å². The first kappa shape index (κ1) is 15.9. The number of benzene rings is 1. The Bertz CT molecular complexity index is 408. The summed E-state index contributed by atoms with van der Waals surface area (Å²) in [5.41, 5.74) is 0.964. The van der Waals surface area contributed by atoms with E-state index < -0.39 is 11.9 Å². The summed E-state index contributed by atoms with van der Waals surface area (Å²) in [6.45, 7) is 3.98. The number of carbonyl (C=O) groups excluding carboxylic acids is 2. The molecule has 0 aromatic heterocycles. The first-order valence-corrected chi connectivity index (χ1v) is 7.31. The molecule has 0 fully saturated rings. The molecular formula is C15H19BrO3. The van der Waals surface area contributed by atoms with E-state index in [0.29, 0.717) is 19.4 Å². The maximum Gasteiger partial charge on any atom is 0.316 e. The Labute approximate surface area is 122 Å². The van der Waals surface area contributed by atoms with Crippen LogP contribution in [0.1, 0.15) is 32.3 Å². The number of Topliss-reactive ketones (excluding diaryl/α,β-unsaturated/α-hetero) is 1. The van der Waals surface area contributed by atoms with E-state index >= 15 is 0 Å². The van der Waals surface area contributed by atoms with Crippen LogP contribution in [0, 0.1) is 5.92 Å². The van der Waals surface area contributed by atoms with E-state index in [2.05, 4.69) is 15.9 Å². The minimum Gasteiger partial charge on any atom is -0.465 e. The van der Waals surface area contributed by atoms with Crippen LogP contribution in [-0.2, 0) is 20.7 Å². The van der Waals surface area contributed by atoms with Gasteiger partial charge in [-0.05, 0) is 37.5 Å². The normalized spacial score (nSPS) is 11.9. The molecule has 0 radical (unpaired) electrons. The van der Waals surface area contributed by atoms with Crippen molar-refractivity contribution in [2.45, 2.75) is 33.1 Å². The molecule has 3 nitrogen and oxygen atoms in total. The van der Waals surface area contributed by atoms with E-state index in [-0.39, 0.29) is 5.78 Å². The van der Waals surface area contributed by atoms with E-state index in [4.69, 9.17) is 4.74 Å². The molecule has 0 aliphatic rings. The van der Waals surface area contributed by atoms with Crippen molar-refractivity contribution >= 4 is 27.7 Å². The van der Waals surface area contributed by atoms with Gasteiger partial charge in [-0.25, -0.2) is 0 Å². The van der Waals surface area contributed by atoms with E-state index in [1.54, 1.807) is 6.92 Å². The van der Waals surface area contributed by atoms with Crippen LogP contribution >= 0.6 is 15.9 Å². The van der Waals surface area contributed by atoms with Gasteiger partial charge in [0.2, 0.25) is 0 Å². The molecular weight excluding hydrogens is 308 g/mol. The maximum absolute atomic E-state index is 12.0. The molecule has 1 unspecified atom stereocenters. The third-order valence-electron chi connectivity index (χ3n) is 2.81. The number of carbonyl (C=O) groups is 2. The van der Waals surface area contributed by atoms with Crippen LogP contribution in [0.2, 0.25) is 0 Å². The summed E-state index contributed by atoms with van der Waals surface area (Å²) in [6, 6.07) is 7.63. The smallest absolute Gasteiger partial charge is 0.316 e. The quantitative estimate of drug-likeness (QED) is 0.568. The molecule has 1 aromatic carbocycles. The molecule has 19 heavy (non-hydrogen) atoms. The second-order valence-corrected chi connectivity index (χ2v) is 5.27. The zero-order valence-corrected chi connectivity index (χ0v) is 12.9. The fourth-order valence-electron chi connectivity index (χ4n) is 1.85. The maximum atomic E-state index is 12.0. The highest BCUT2D eigenvalue weighted by Gasteiger charge is 2.27. The first-order valence-electron chi connectivity index (χ1n) is 6.52. The number of hydrogen-bond acceptors (Lipinski definition) is 3. The number of ketones is 1. The Balaban J connectivity index is 2.81. The third-order valence-corrected chi connectivity index (χ3v) is 3.34. The molecule has 4 heteroatoms. The van der Waals surface area contributed by atoms with Crippen molar-refractivity contribution in [3.63, 3.8) is 0 Å².